The van der Waals surface area contributed by atoms with Crippen molar-refractivity contribution in [1.29, 1.82) is 0 Å². The fraction of sp³-hybridized carbons (Fsp3) is 0.407. The molecule has 2 aromatic heterocycles. The Balaban J connectivity index is 1.67. The smallest absolute Gasteiger partial charge is 0.233 e. The minimum atomic E-state index is -0.297. The lowest BCUT2D eigenvalue weighted by atomic mass is 9.87. The zero-order valence-corrected chi connectivity index (χ0v) is 21.9. The van der Waals surface area contributed by atoms with Gasteiger partial charge in [0, 0.05) is 25.6 Å². The molecule has 0 bridgehead atoms. The third kappa shape index (κ3) is 5.65. The van der Waals surface area contributed by atoms with Gasteiger partial charge in [-0.2, -0.15) is 0 Å². The van der Waals surface area contributed by atoms with Gasteiger partial charge in [-0.05, 0) is 29.0 Å². The molecule has 0 saturated carbocycles. The Hall–Kier alpha value is -2.97. The maximum Gasteiger partial charge on any atom is 0.233 e. The van der Waals surface area contributed by atoms with Crippen LogP contribution in [0.25, 0.3) is 22.1 Å². The number of hydrogen-bond donors (Lipinski definition) is 1. The second kappa shape index (κ2) is 10.7. The highest BCUT2D eigenvalue weighted by molar-refractivity contribution is 8.00. The zero-order chi connectivity index (χ0) is 25.0. The van der Waals surface area contributed by atoms with Gasteiger partial charge in [0.25, 0.3) is 0 Å². The first kappa shape index (κ1) is 25.1. The predicted octanol–water partition coefficient (Wildman–Crippen LogP) is 4.96. The molecule has 0 saturated heterocycles. The summed E-state index contributed by atoms with van der Waals surface area (Å²) in [7, 11) is 1.62. The first-order valence-corrected chi connectivity index (χ1v) is 12.8. The molecule has 1 amide bonds. The maximum atomic E-state index is 12.6. The van der Waals surface area contributed by atoms with Crippen LogP contribution in [0.4, 0.5) is 0 Å². The van der Waals surface area contributed by atoms with Gasteiger partial charge in [0.05, 0.1) is 17.4 Å². The summed E-state index contributed by atoms with van der Waals surface area (Å²) < 4.78 is 7.22. The van der Waals surface area contributed by atoms with Crippen molar-refractivity contribution in [3.63, 3.8) is 0 Å². The van der Waals surface area contributed by atoms with Crippen molar-refractivity contribution in [3.05, 3.63) is 59.7 Å². The van der Waals surface area contributed by atoms with E-state index in [1.54, 1.807) is 7.11 Å². The second-order valence-electron chi connectivity index (χ2n) is 9.62. The highest BCUT2D eigenvalue weighted by Crippen LogP contribution is 2.30. The summed E-state index contributed by atoms with van der Waals surface area (Å²) in [6.07, 6.45) is 0.661. The first-order chi connectivity index (χ1) is 16.8. The Morgan fingerprint density at radius 3 is 2.54 bits per heavy atom. The molecule has 0 radical (unpaired) electrons. The molecular weight excluding hydrogens is 458 g/mol. The van der Waals surface area contributed by atoms with E-state index in [0.717, 1.165) is 22.1 Å². The summed E-state index contributed by atoms with van der Waals surface area (Å²) in [5, 5.41) is 13.0. The largest absolute Gasteiger partial charge is 0.383 e. The van der Waals surface area contributed by atoms with Gasteiger partial charge in [-0.15, -0.1) is 10.2 Å². The number of thioether (sulfide) groups is 1. The van der Waals surface area contributed by atoms with Crippen LogP contribution in [0.3, 0.4) is 0 Å². The first-order valence-electron chi connectivity index (χ1n) is 12.0. The third-order valence-corrected chi connectivity index (χ3v) is 7.25. The normalized spacial score (nSPS) is 12.8. The number of amides is 1. The van der Waals surface area contributed by atoms with Gasteiger partial charge >= 0.3 is 0 Å². The number of carbonyl (C=O) groups excluding carboxylic acids is 1. The number of carbonyl (C=O) groups is 1. The van der Waals surface area contributed by atoms with Crippen molar-refractivity contribution in [2.24, 2.45) is 0 Å². The van der Waals surface area contributed by atoms with Crippen LogP contribution in [-0.4, -0.2) is 51.2 Å². The minimum absolute atomic E-state index is 0.0438. The predicted molar refractivity (Wildman–Crippen MR) is 142 cm³/mol. The van der Waals surface area contributed by atoms with E-state index in [2.05, 4.69) is 77.3 Å². The van der Waals surface area contributed by atoms with E-state index in [9.17, 15) is 4.79 Å². The topological polar surface area (TPSA) is 81.9 Å². The van der Waals surface area contributed by atoms with Crippen LogP contribution in [0.2, 0.25) is 0 Å². The number of nitrogens with zero attached hydrogens (tertiary/aromatic N) is 4. The number of benzene rings is 2. The van der Waals surface area contributed by atoms with Crippen molar-refractivity contribution in [3.8, 4) is 0 Å². The highest BCUT2D eigenvalue weighted by atomic mass is 32.2. The molecular formula is C27H33N5O2S. The number of nitrogens with one attached hydrogen (secondary N) is 1. The van der Waals surface area contributed by atoms with E-state index >= 15 is 0 Å². The van der Waals surface area contributed by atoms with Gasteiger partial charge in [0.1, 0.15) is 5.52 Å². The van der Waals surface area contributed by atoms with Crippen LogP contribution in [0.5, 0.6) is 0 Å². The molecule has 0 spiro atoms. The Morgan fingerprint density at radius 2 is 1.86 bits per heavy atom. The summed E-state index contributed by atoms with van der Waals surface area (Å²) in [5.74, 6) is -0.0438. The maximum absolute atomic E-state index is 12.6. The van der Waals surface area contributed by atoms with Crippen LogP contribution in [0, 0.1) is 0 Å². The molecule has 1 N–H and O–H groups in total. The van der Waals surface area contributed by atoms with Crippen LogP contribution in [0.15, 0.2) is 53.7 Å². The Labute approximate surface area is 210 Å². The molecule has 0 fully saturated rings. The van der Waals surface area contributed by atoms with E-state index < -0.39 is 0 Å². The summed E-state index contributed by atoms with van der Waals surface area (Å²) in [6.45, 7) is 10.3. The molecule has 35 heavy (non-hydrogen) atoms. The van der Waals surface area contributed by atoms with Gasteiger partial charge in [-0.3, -0.25) is 4.79 Å². The Kier molecular flexibility index (Phi) is 7.72. The molecule has 1 unspecified atom stereocenters. The minimum Gasteiger partial charge on any atom is -0.383 e. The number of ether oxygens (including phenoxy) is 1. The van der Waals surface area contributed by atoms with Crippen molar-refractivity contribution in [2.75, 3.05) is 20.3 Å². The van der Waals surface area contributed by atoms with E-state index in [0.29, 0.717) is 31.3 Å². The Bertz CT molecular complexity index is 1310. The summed E-state index contributed by atoms with van der Waals surface area (Å²) >= 11 is 1.35. The average Bonchev–Trinajstić information content (AvgIpc) is 3.15. The third-order valence-electron chi connectivity index (χ3n) is 6.03. The molecule has 4 aromatic rings. The van der Waals surface area contributed by atoms with Crippen LogP contribution in [0.1, 0.15) is 45.2 Å². The lowest BCUT2D eigenvalue weighted by molar-refractivity contribution is -0.120. The fourth-order valence-corrected chi connectivity index (χ4v) is 4.87. The molecule has 184 valence electrons. The fourth-order valence-electron chi connectivity index (χ4n) is 4.03. The van der Waals surface area contributed by atoms with E-state index in [1.165, 1.54) is 22.9 Å². The van der Waals surface area contributed by atoms with Gasteiger partial charge < -0.3 is 14.6 Å². The van der Waals surface area contributed by atoms with Crippen molar-refractivity contribution >= 4 is 39.7 Å². The van der Waals surface area contributed by atoms with E-state index in [4.69, 9.17) is 9.72 Å². The van der Waals surface area contributed by atoms with Crippen molar-refractivity contribution < 1.29 is 9.53 Å². The van der Waals surface area contributed by atoms with Gasteiger partial charge in [-0.1, -0.05) is 81.9 Å². The monoisotopic (exact) mass is 491 g/mol. The van der Waals surface area contributed by atoms with Crippen LogP contribution in [-0.2, 0) is 21.5 Å². The molecule has 0 aliphatic carbocycles. The molecule has 2 aromatic carbocycles. The quantitative estimate of drug-likeness (QED) is 0.263. The molecule has 4 rings (SSSR count). The van der Waals surface area contributed by atoms with E-state index in [1.807, 2.05) is 19.1 Å². The second-order valence-corrected chi connectivity index (χ2v) is 10.8. The molecule has 7 nitrogen and oxygen atoms in total. The highest BCUT2D eigenvalue weighted by Gasteiger charge is 2.21. The SMILES string of the molecule is CCC(Sc1nnc2c3ccccc3n(Cc3ccc(C(C)(C)C)cc3)c2n1)C(=O)NCCOC. The molecule has 8 heteroatoms. The lowest BCUT2D eigenvalue weighted by Crippen LogP contribution is -2.34. The molecule has 0 aliphatic rings. The summed E-state index contributed by atoms with van der Waals surface area (Å²) in [5.41, 5.74) is 5.22. The Morgan fingerprint density at radius 1 is 1.11 bits per heavy atom. The summed E-state index contributed by atoms with van der Waals surface area (Å²) in [4.78, 5) is 17.5. The van der Waals surface area contributed by atoms with Gasteiger partial charge in [-0.25, -0.2) is 4.98 Å². The van der Waals surface area contributed by atoms with Crippen LogP contribution < -0.4 is 5.32 Å². The van der Waals surface area contributed by atoms with Crippen molar-refractivity contribution in [2.45, 2.75) is 56.5 Å². The molecule has 0 aliphatic heterocycles. The number of aromatic nitrogens is 4. The van der Waals surface area contributed by atoms with Crippen LogP contribution >= 0.6 is 11.8 Å². The van der Waals surface area contributed by atoms with Gasteiger partial charge in [0.2, 0.25) is 11.1 Å². The lowest BCUT2D eigenvalue weighted by Gasteiger charge is -2.19. The van der Waals surface area contributed by atoms with Crippen molar-refractivity contribution in [1.82, 2.24) is 25.1 Å². The number of methoxy groups -OCH3 is 1. The average molecular weight is 492 g/mol. The number of hydrogen-bond acceptors (Lipinski definition) is 6. The zero-order valence-electron chi connectivity index (χ0n) is 21.0. The van der Waals surface area contributed by atoms with E-state index in [-0.39, 0.29) is 16.6 Å². The number of rotatable bonds is 9. The molecule has 2 heterocycles. The summed E-state index contributed by atoms with van der Waals surface area (Å²) in [6, 6.07) is 16.9. The standard InChI is InChI=1S/C27H33N5O2S/c1-6-22(25(33)28-15-16-34-5)35-26-29-24-23(30-31-26)20-9-7-8-10-21(20)32(24)17-18-11-13-19(14-12-18)27(2,3)4/h7-14,22H,6,15-17H2,1-5H3,(H,28,33). The molecule has 1 atom stereocenters. The number of para-hydroxylation sites is 1. The number of fused-ring (bicyclic) bond motifs is 3. The van der Waals surface area contributed by atoms with Gasteiger partial charge in [0.15, 0.2) is 5.65 Å².